The number of carbonyl (C=O) groups excluding carboxylic acids is 1. The standard InChI is InChI=1S/C22H17BrN2O3/c23-14-6-7-17(26)15(10-14)20-16(11-24)22(25)28-19-9-13(8-18(27)21(19)20)12-4-2-1-3-5-12/h1-7,10,13,20,26H,8-9,25H2/t13-,20-/m1/s1. The number of Topliss-reactive ketones (excluding diaryl/α,β-unsaturated/α-hetero) is 1. The number of ether oxygens (including phenoxy) is 1. The predicted molar refractivity (Wildman–Crippen MR) is 107 cm³/mol. The summed E-state index contributed by atoms with van der Waals surface area (Å²) in [7, 11) is 0. The highest BCUT2D eigenvalue weighted by molar-refractivity contribution is 9.10. The van der Waals surface area contributed by atoms with Crippen molar-refractivity contribution >= 4 is 21.7 Å². The van der Waals surface area contributed by atoms with Gasteiger partial charge in [0.2, 0.25) is 5.88 Å². The van der Waals surface area contributed by atoms with Gasteiger partial charge in [0, 0.05) is 28.5 Å². The largest absolute Gasteiger partial charge is 0.508 e. The van der Waals surface area contributed by atoms with Crippen LogP contribution in [0.15, 0.2) is 75.8 Å². The van der Waals surface area contributed by atoms with Crippen molar-refractivity contribution in [3.8, 4) is 11.8 Å². The first-order chi connectivity index (χ1) is 13.5. The van der Waals surface area contributed by atoms with Crippen LogP contribution >= 0.6 is 15.9 Å². The van der Waals surface area contributed by atoms with Crippen LogP contribution in [0.5, 0.6) is 5.75 Å². The molecule has 1 heterocycles. The Labute approximate surface area is 170 Å². The highest BCUT2D eigenvalue weighted by atomic mass is 79.9. The molecule has 2 aromatic rings. The molecule has 0 fully saturated rings. The Morgan fingerprint density at radius 2 is 1.93 bits per heavy atom. The zero-order chi connectivity index (χ0) is 19.8. The summed E-state index contributed by atoms with van der Waals surface area (Å²) in [5.41, 5.74) is 8.10. The number of benzene rings is 2. The molecule has 0 unspecified atom stereocenters. The van der Waals surface area contributed by atoms with Crippen LogP contribution in [-0.4, -0.2) is 10.9 Å². The minimum atomic E-state index is -0.740. The lowest BCUT2D eigenvalue weighted by atomic mass is 9.73. The van der Waals surface area contributed by atoms with E-state index < -0.39 is 5.92 Å². The van der Waals surface area contributed by atoms with Gasteiger partial charge in [0.05, 0.1) is 5.92 Å². The number of carbonyl (C=O) groups is 1. The molecule has 2 aromatic carbocycles. The molecule has 0 spiro atoms. The minimum absolute atomic E-state index is 0.000447. The average molecular weight is 437 g/mol. The van der Waals surface area contributed by atoms with Crippen molar-refractivity contribution < 1.29 is 14.6 Å². The van der Waals surface area contributed by atoms with Crippen LogP contribution in [0.25, 0.3) is 0 Å². The van der Waals surface area contributed by atoms with Crippen LogP contribution in [0.1, 0.15) is 35.8 Å². The van der Waals surface area contributed by atoms with Crippen molar-refractivity contribution in [2.75, 3.05) is 0 Å². The Kier molecular flexibility index (Phi) is 4.70. The second-order valence-electron chi connectivity index (χ2n) is 6.90. The number of aromatic hydroxyl groups is 1. The second-order valence-corrected chi connectivity index (χ2v) is 7.82. The number of nitriles is 1. The molecule has 0 saturated heterocycles. The van der Waals surface area contributed by atoms with Gasteiger partial charge in [0.1, 0.15) is 23.2 Å². The lowest BCUT2D eigenvalue weighted by Gasteiger charge is -2.34. The smallest absolute Gasteiger partial charge is 0.205 e. The number of rotatable bonds is 2. The molecule has 28 heavy (non-hydrogen) atoms. The summed E-state index contributed by atoms with van der Waals surface area (Å²) in [6.07, 6.45) is 0.825. The first kappa shape index (κ1) is 18.3. The first-order valence-corrected chi connectivity index (χ1v) is 9.66. The maximum Gasteiger partial charge on any atom is 0.205 e. The second kappa shape index (κ2) is 7.17. The van der Waals surface area contributed by atoms with E-state index in [9.17, 15) is 15.2 Å². The van der Waals surface area contributed by atoms with Gasteiger partial charge >= 0.3 is 0 Å². The van der Waals surface area contributed by atoms with Crippen molar-refractivity contribution in [2.24, 2.45) is 5.73 Å². The van der Waals surface area contributed by atoms with E-state index in [0.29, 0.717) is 29.7 Å². The zero-order valence-corrected chi connectivity index (χ0v) is 16.4. The lowest BCUT2D eigenvalue weighted by molar-refractivity contribution is -0.117. The topological polar surface area (TPSA) is 96.3 Å². The van der Waals surface area contributed by atoms with Gasteiger partial charge < -0.3 is 15.6 Å². The molecule has 1 aliphatic heterocycles. The summed E-state index contributed by atoms with van der Waals surface area (Å²) >= 11 is 3.39. The summed E-state index contributed by atoms with van der Waals surface area (Å²) in [6.45, 7) is 0. The van der Waals surface area contributed by atoms with E-state index in [0.717, 1.165) is 10.0 Å². The zero-order valence-electron chi connectivity index (χ0n) is 14.9. The predicted octanol–water partition coefficient (Wildman–Crippen LogP) is 4.36. The van der Waals surface area contributed by atoms with Crippen molar-refractivity contribution in [2.45, 2.75) is 24.7 Å². The molecule has 6 heteroatoms. The fraction of sp³-hybridized carbons (Fsp3) is 0.182. The molecule has 4 rings (SSSR count). The van der Waals surface area contributed by atoms with E-state index in [2.05, 4.69) is 22.0 Å². The molecular weight excluding hydrogens is 420 g/mol. The highest BCUT2D eigenvalue weighted by Crippen LogP contribution is 2.48. The number of nitrogens with two attached hydrogens (primary N) is 1. The quantitative estimate of drug-likeness (QED) is 0.728. The van der Waals surface area contributed by atoms with E-state index in [1.165, 1.54) is 6.07 Å². The third kappa shape index (κ3) is 3.08. The number of hydrogen-bond acceptors (Lipinski definition) is 5. The fourth-order valence-electron chi connectivity index (χ4n) is 3.94. The number of hydrogen-bond donors (Lipinski definition) is 2. The normalized spacial score (nSPS) is 21.8. The molecule has 2 atom stereocenters. The Balaban J connectivity index is 1.84. The monoisotopic (exact) mass is 436 g/mol. The average Bonchev–Trinajstić information content (AvgIpc) is 2.69. The van der Waals surface area contributed by atoms with E-state index in [1.807, 2.05) is 30.3 Å². The molecular formula is C22H17BrN2O3. The third-order valence-electron chi connectivity index (χ3n) is 5.23. The molecule has 140 valence electrons. The molecule has 0 saturated carbocycles. The van der Waals surface area contributed by atoms with Gasteiger partial charge in [-0.3, -0.25) is 4.79 Å². The summed E-state index contributed by atoms with van der Waals surface area (Å²) in [4.78, 5) is 13.2. The third-order valence-corrected chi connectivity index (χ3v) is 5.73. The Morgan fingerprint density at radius 3 is 2.64 bits per heavy atom. The van der Waals surface area contributed by atoms with Gasteiger partial charge in [0.15, 0.2) is 5.78 Å². The highest BCUT2D eigenvalue weighted by Gasteiger charge is 2.41. The molecule has 2 aliphatic rings. The number of phenolic OH excluding ortho intramolecular Hbond substituents is 1. The summed E-state index contributed by atoms with van der Waals surface area (Å²) < 4.78 is 6.47. The summed E-state index contributed by atoms with van der Waals surface area (Å²) in [5.74, 6) is -0.394. The van der Waals surface area contributed by atoms with Gasteiger partial charge in [0.25, 0.3) is 0 Å². The Bertz CT molecular complexity index is 1070. The van der Waals surface area contributed by atoms with Gasteiger partial charge in [-0.25, -0.2) is 0 Å². The molecule has 1 aliphatic carbocycles. The molecule has 5 nitrogen and oxygen atoms in total. The van der Waals surface area contributed by atoms with Crippen LogP contribution in [-0.2, 0) is 9.53 Å². The minimum Gasteiger partial charge on any atom is -0.508 e. The molecule has 0 radical (unpaired) electrons. The number of phenols is 1. The van der Waals surface area contributed by atoms with Gasteiger partial charge in [-0.15, -0.1) is 0 Å². The van der Waals surface area contributed by atoms with Gasteiger partial charge in [-0.2, -0.15) is 5.26 Å². The summed E-state index contributed by atoms with van der Waals surface area (Å²) in [6, 6.07) is 16.8. The Morgan fingerprint density at radius 1 is 1.18 bits per heavy atom. The van der Waals surface area contributed by atoms with Crippen molar-refractivity contribution in [3.63, 3.8) is 0 Å². The number of allylic oxidation sites excluding steroid dienone is 3. The SMILES string of the molecule is N#CC1=C(N)OC2=C(C(=O)C[C@@H](c3ccccc3)C2)[C@@H]1c1cc(Br)ccc1O. The fourth-order valence-corrected chi connectivity index (χ4v) is 4.32. The van der Waals surface area contributed by atoms with Crippen molar-refractivity contribution in [3.05, 3.63) is 86.9 Å². The lowest BCUT2D eigenvalue weighted by Crippen LogP contribution is -2.29. The maximum absolute atomic E-state index is 13.2. The van der Waals surface area contributed by atoms with E-state index in [-0.39, 0.29) is 28.9 Å². The van der Waals surface area contributed by atoms with Crippen LogP contribution in [0, 0.1) is 11.3 Å². The van der Waals surface area contributed by atoms with Crippen LogP contribution < -0.4 is 5.73 Å². The molecule has 3 N–H and O–H groups in total. The van der Waals surface area contributed by atoms with Crippen molar-refractivity contribution in [1.29, 1.82) is 5.26 Å². The molecule has 0 aromatic heterocycles. The van der Waals surface area contributed by atoms with Gasteiger partial charge in [-0.05, 0) is 29.7 Å². The first-order valence-electron chi connectivity index (χ1n) is 8.86. The van der Waals surface area contributed by atoms with E-state index >= 15 is 0 Å². The number of nitrogens with zero attached hydrogens (tertiary/aromatic N) is 1. The maximum atomic E-state index is 13.2. The summed E-state index contributed by atoms with van der Waals surface area (Å²) in [5, 5.41) is 20.1. The van der Waals surface area contributed by atoms with E-state index in [4.69, 9.17) is 10.5 Å². The Hall–Kier alpha value is -3.04. The van der Waals surface area contributed by atoms with Gasteiger partial charge in [-0.1, -0.05) is 46.3 Å². The van der Waals surface area contributed by atoms with Crippen LogP contribution in [0.2, 0.25) is 0 Å². The number of ketones is 1. The van der Waals surface area contributed by atoms with E-state index in [1.54, 1.807) is 12.1 Å². The van der Waals surface area contributed by atoms with Crippen molar-refractivity contribution in [1.82, 2.24) is 0 Å². The van der Waals surface area contributed by atoms with Crippen LogP contribution in [0.4, 0.5) is 0 Å². The number of halogens is 1. The molecule has 0 bridgehead atoms. The van der Waals surface area contributed by atoms with Crippen LogP contribution in [0.3, 0.4) is 0 Å². The molecule has 0 amide bonds.